The Balaban J connectivity index is 1.35. The van der Waals surface area contributed by atoms with E-state index in [0.717, 1.165) is 37.8 Å². The second-order valence-corrected chi connectivity index (χ2v) is 9.28. The van der Waals surface area contributed by atoms with Crippen LogP contribution in [0.5, 0.6) is 0 Å². The Morgan fingerprint density at radius 3 is 2.52 bits per heavy atom. The number of aromatic nitrogens is 2. The first-order valence-corrected chi connectivity index (χ1v) is 9.61. The highest BCUT2D eigenvalue weighted by molar-refractivity contribution is 5.76. The molecule has 2 heterocycles. The Kier molecular flexibility index (Phi) is 3.91. The Labute approximate surface area is 159 Å². The van der Waals surface area contributed by atoms with Crippen molar-refractivity contribution in [3.05, 3.63) is 24.0 Å². The first-order chi connectivity index (χ1) is 12.6. The molecule has 0 atom stereocenters. The van der Waals surface area contributed by atoms with Crippen LogP contribution in [0.15, 0.2) is 18.5 Å². The topological polar surface area (TPSA) is 76.5 Å². The second kappa shape index (κ2) is 5.84. The number of carbonyl (C=O) groups excluding carboxylic acids is 2. The average Bonchev–Trinajstić information content (AvgIpc) is 2.97. The van der Waals surface area contributed by atoms with Crippen molar-refractivity contribution in [3.63, 3.8) is 0 Å². The van der Waals surface area contributed by atoms with E-state index < -0.39 is 5.60 Å². The van der Waals surface area contributed by atoms with Gasteiger partial charge in [-0.15, -0.1) is 0 Å². The molecule has 1 aliphatic heterocycles. The van der Waals surface area contributed by atoms with E-state index in [-0.39, 0.29) is 23.1 Å². The summed E-state index contributed by atoms with van der Waals surface area (Å²) in [4.78, 5) is 25.3. The van der Waals surface area contributed by atoms with Gasteiger partial charge in [-0.1, -0.05) is 6.08 Å². The number of nitrogens with zero attached hydrogens (tertiary/aromatic N) is 3. The Morgan fingerprint density at radius 2 is 1.96 bits per heavy atom. The van der Waals surface area contributed by atoms with E-state index in [1.807, 2.05) is 31.9 Å². The third-order valence-electron chi connectivity index (χ3n) is 5.86. The molecule has 2 bridgehead atoms. The molecule has 1 aromatic rings. The van der Waals surface area contributed by atoms with Crippen LogP contribution in [0.25, 0.3) is 5.57 Å². The normalized spacial score (nSPS) is 29.3. The van der Waals surface area contributed by atoms with Crippen LogP contribution in [0.1, 0.15) is 58.9 Å². The van der Waals surface area contributed by atoms with E-state index in [1.165, 1.54) is 5.57 Å². The molecule has 3 saturated carbocycles. The molecule has 1 aromatic heterocycles. The molecule has 0 radical (unpaired) electrons. The zero-order valence-electron chi connectivity index (χ0n) is 16.5. The highest BCUT2D eigenvalue weighted by atomic mass is 16.6. The quantitative estimate of drug-likeness (QED) is 0.885. The predicted octanol–water partition coefficient (Wildman–Crippen LogP) is 2.68. The molecule has 3 fully saturated rings. The van der Waals surface area contributed by atoms with Gasteiger partial charge in [0.1, 0.15) is 5.60 Å². The van der Waals surface area contributed by atoms with Crippen molar-refractivity contribution in [1.29, 1.82) is 0 Å². The summed E-state index contributed by atoms with van der Waals surface area (Å²) in [6.07, 6.45) is 9.39. The lowest BCUT2D eigenvalue weighted by Gasteiger charge is -2.69. The number of alkyl carbamates (subject to hydrolysis) is 1. The average molecular weight is 372 g/mol. The molecule has 4 aliphatic rings. The van der Waals surface area contributed by atoms with Crippen molar-refractivity contribution >= 4 is 17.6 Å². The second-order valence-electron chi connectivity index (χ2n) is 9.28. The standard InChI is InChI=1S/C20H28N4O3/c1-14(25)23-7-5-15(6-8-23)16-9-21-24(10-16)20-11-19(12-20,13-20)22-17(26)27-18(2,3)4/h5,9-10H,6-8,11-13H2,1-4H3,(H,22,26). The first kappa shape index (κ1) is 18.1. The lowest BCUT2D eigenvalue weighted by molar-refractivity contribution is -0.143. The van der Waals surface area contributed by atoms with Crippen LogP contribution >= 0.6 is 0 Å². The number of hydrogen-bond donors (Lipinski definition) is 1. The number of hydrogen-bond acceptors (Lipinski definition) is 4. The number of carbonyl (C=O) groups is 2. The molecule has 3 aliphatic carbocycles. The summed E-state index contributed by atoms with van der Waals surface area (Å²) < 4.78 is 7.44. The maximum atomic E-state index is 12.0. The Hall–Kier alpha value is -2.31. The molecule has 0 aromatic carbocycles. The van der Waals surface area contributed by atoms with Gasteiger partial charge in [0.25, 0.3) is 0 Å². The summed E-state index contributed by atoms with van der Waals surface area (Å²) in [5.41, 5.74) is 1.83. The van der Waals surface area contributed by atoms with Crippen LogP contribution in [0.3, 0.4) is 0 Å². The molecule has 7 heteroatoms. The van der Waals surface area contributed by atoms with Crippen LogP contribution < -0.4 is 5.32 Å². The van der Waals surface area contributed by atoms with Gasteiger partial charge in [-0.3, -0.25) is 9.48 Å². The fourth-order valence-corrected chi connectivity index (χ4v) is 4.60. The van der Waals surface area contributed by atoms with Crippen LogP contribution in [0.4, 0.5) is 4.79 Å². The van der Waals surface area contributed by atoms with Crippen LogP contribution in [0, 0.1) is 0 Å². The minimum atomic E-state index is -0.478. The summed E-state index contributed by atoms with van der Waals surface area (Å²) >= 11 is 0. The predicted molar refractivity (Wildman–Crippen MR) is 101 cm³/mol. The molecule has 27 heavy (non-hydrogen) atoms. The van der Waals surface area contributed by atoms with Crippen LogP contribution in [-0.4, -0.2) is 50.9 Å². The van der Waals surface area contributed by atoms with E-state index in [0.29, 0.717) is 6.54 Å². The van der Waals surface area contributed by atoms with Gasteiger partial charge in [0, 0.05) is 31.8 Å². The van der Waals surface area contributed by atoms with Crippen molar-refractivity contribution in [2.75, 3.05) is 13.1 Å². The van der Waals surface area contributed by atoms with E-state index in [1.54, 1.807) is 6.92 Å². The zero-order valence-corrected chi connectivity index (χ0v) is 16.5. The first-order valence-electron chi connectivity index (χ1n) is 9.61. The molecule has 7 nitrogen and oxygen atoms in total. The van der Waals surface area contributed by atoms with Gasteiger partial charge in [-0.2, -0.15) is 5.10 Å². The zero-order chi connectivity index (χ0) is 19.4. The monoisotopic (exact) mass is 372 g/mol. The minimum absolute atomic E-state index is 0.0356. The van der Waals surface area contributed by atoms with Crippen LogP contribution in [0.2, 0.25) is 0 Å². The highest BCUT2D eigenvalue weighted by Gasteiger charge is 2.70. The van der Waals surface area contributed by atoms with Gasteiger partial charge in [-0.25, -0.2) is 4.79 Å². The van der Waals surface area contributed by atoms with Crippen molar-refractivity contribution in [1.82, 2.24) is 20.0 Å². The van der Waals surface area contributed by atoms with E-state index in [4.69, 9.17) is 4.74 Å². The number of ether oxygens (including phenoxy) is 1. The smallest absolute Gasteiger partial charge is 0.408 e. The van der Waals surface area contributed by atoms with Gasteiger partial charge in [0.05, 0.1) is 17.3 Å². The fourth-order valence-electron chi connectivity index (χ4n) is 4.60. The van der Waals surface area contributed by atoms with Gasteiger partial charge in [-0.05, 0) is 52.0 Å². The molecule has 0 spiro atoms. The lowest BCUT2D eigenvalue weighted by atomic mass is 9.44. The minimum Gasteiger partial charge on any atom is -0.444 e. The van der Waals surface area contributed by atoms with E-state index in [2.05, 4.69) is 27.4 Å². The van der Waals surface area contributed by atoms with Gasteiger partial charge >= 0.3 is 6.09 Å². The third kappa shape index (κ3) is 3.24. The summed E-state index contributed by atoms with van der Waals surface area (Å²) in [6.45, 7) is 8.66. The number of nitrogens with one attached hydrogen (secondary N) is 1. The van der Waals surface area contributed by atoms with Crippen molar-refractivity contribution in [2.24, 2.45) is 0 Å². The van der Waals surface area contributed by atoms with Gasteiger partial charge in [0.2, 0.25) is 5.91 Å². The maximum Gasteiger partial charge on any atom is 0.408 e. The molecular formula is C20H28N4O3. The summed E-state index contributed by atoms with van der Waals surface area (Å²) in [5, 5.41) is 7.64. The van der Waals surface area contributed by atoms with Crippen molar-refractivity contribution in [2.45, 2.75) is 70.1 Å². The van der Waals surface area contributed by atoms with Crippen molar-refractivity contribution in [3.8, 4) is 0 Å². The Morgan fingerprint density at radius 1 is 1.26 bits per heavy atom. The lowest BCUT2D eigenvalue weighted by Crippen LogP contribution is -2.79. The van der Waals surface area contributed by atoms with Gasteiger partial charge < -0.3 is 15.0 Å². The summed E-state index contributed by atoms with van der Waals surface area (Å²) in [7, 11) is 0. The summed E-state index contributed by atoms with van der Waals surface area (Å²) in [5.74, 6) is 0.123. The SMILES string of the molecule is CC(=O)N1CC=C(c2cnn(C34CC(NC(=O)OC(C)(C)C)(C3)C4)c2)CC1. The largest absolute Gasteiger partial charge is 0.444 e. The molecule has 2 amide bonds. The maximum absolute atomic E-state index is 12.0. The number of rotatable bonds is 3. The molecule has 5 rings (SSSR count). The third-order valence-corrected chi connectivity index (χ3v) is 5.86. The molecule has 146 valence electrons. The van der Waals surface area contributed by atoms with Crippen LogP contribution in [-0.2, 0) is 15.1 Å². The molecule has 0 saturated heterocycles. The fraction of sp³-hybridized carbons (Fsp3) is 0.650. The Bertz CT molecular complexity index is 798. The molecular weight excluding hydrogens is 344 g/mol. The number of amides is 2. The van der Waals surface area contributed by atoms with Gasteiger partial charge in [0.15, 0.2) is 0 Å². The van der Waals surface area contributed by atoms with Crippen molar-refractivity contribution < 1.29 is 14.3 Å². The van der Waals surface area contributed by atoms with E-state index >= 15 is 0 Å². The molecule has 0 unspecified atom stereocenters. The summed E-state index contributed by atoms with van der Waals surface area (Å²) in [6, 6.07) is 0. The van der Waals surface area contributed by atoms with E-state index in [9.17, 15) is 9.59 Å². The highest BCUT2D eigenvalue weighted by Crippen LogP contribution is 2.65. The molecule has 1 N–H and O–H groups in total.